The van der Waals surface area contributed by atoms with Gasteiger partial charge in [0.2, 0.25) is 5.91 Å². The second-order valence-electron chi connectivity index (χ2n) is 11.1. The predicted octanol–water partition coefficient (Wildman–Crippen LogP) is 3.23. The number of fused-ring (bicyclic) bond motifs is 1. The minimum Gasteiger partial charge on any atom is -0.361 e. The minimum absolute atomic E-state index is 0.102. The molecule has 1 aliphatic rings. The molecule has 2 aromatic rings. The van der Waals surface area contributed by atoms with Gasteiger partial charge in [-0.1, -0.05) is 44.0 Å². The van der Waals surface area contributed by atoms with E-state index in [1.54, 1.807) is 19.2 Å². The van der Waals surface area contributed by atoms with E-state index in [0.717, 1.165) is 30.0 Å². The Morgan fingerprint density at radius 2 is 1.82 bits per heavy atom. The number of aromatic nitrogens is 2. The number of rotatable bonds is 12. The van der Waals surface area contributed by atoms with Crippen LogP contribution in [0.25, 0.3) is 11.0 Å². The van der Waals surface area contributed by atoms with Crippen molar-refractivity contribution in [1.29, 1.82) is 0 Å². The van der Waals surface area contributed by atoms with Crippen molar-refractivity contribution in [3.05, 3.63) is 34.2 Å². The van der Waals surface area contributed by atoms with Crippen LogP contribution in [0, 0.1) is 11.8 Å². The topological polar surface area (TPSA) is 117 Å². The maximum Gasteiger partial charge on any atom is 0.329 e. The summed E-state index contributed by atoms with van der Waals surface area (Å²) in [5.41, 5.74) is 1.58. The second kappa shape index (κ2) is 13.1. The molecule has 10 nitrogen and oxygen atoms in total. The monoisotopic (exact) mass is 577 g/mol. The Morgan fingerprint density at radius 3 is 2.51 bits per heavy atom. The molecule has 2 amide bonds. The number of benzene rings is 1. The first-order chi connectivity index (χ1) is 18.3. The fourth-order valence-electron chi connectivity index (χ4n) is 4.43. The smallest absolute Gasteiger partial charge is 0.329 e. The van der Waals surface area contributed by atoms with Crippen LogP contribution >= 0.6 is 0 Å². The van der Waals surface area contributed by atoms with E-state index in [-0.39, 0.29) is 37.8 Å². The quantitative estimate of drug-likeness (QED) is 0.125. The van der Waals surface area contributed by atoms with E-state index in [0.29, 0.717) is 36.0 Å². The van der Waals surface area contributed by atoms with Gasteiger partial charge in [0.05, 0.1) is 29.5 Å². The molecule has 1 fully saturated rings. The molecule has 1 aromatic heterocycles. The molecule has 0 bridgehead atoms. The molecule has 214 valence electrons. The summed E-state index contributed by atoms with van der Waals surface area (Å²) >= 11 is 0. The number of imidazole rings is 1. The number of para-hydroxylation sites is 1. The second-order valence-corrected chi connectivity index (χ2v) is 18.4. The molecule has 1 aromatic carbocycles. The van der Waals surface area contributed by atoms with Crippen molar-refractivity contribution < 1.29 is 26.9 Å². The number of carbonyl (C=O) groups is 2. The molecule has 0 radical (unpaired) electrons. The molecular formula is C27H39N3O7SSi. The van der Waals surface area contributed by atoms with Gasteiger partial charge in [-0.05, 0) is 37.4 Å². The number of imide groups is 1. The normalized spacial score (nSPS) is 16.5. The van der Waals surface area contributed by atoms with E-state index in [4.69, 9.17) is 8.92 Å². The van der Waals surface area contributed by atoms with Crippen molar-refractivity contribution in [2.75, 3.05) is 26.2 Å². The summed E-state index contributed by atoms with van der Waals surface area (Å²) in [5, 5.41) is 0. The van der Waals surface area contributed by atoms with Gasteiger partial charge in [-0.3, -0.25) is 27.8 Å². The van der Waals surface area contributed by atoms with Crippen LogP contribution in [0.2, 0.25) is 25.7 Å². The van der Waals surface area contributed by atoms with Crippen molar-refractivity contribution in [3.8, 4) is 11.8 Å². The fourth-order valence-corrected chi connectivity index (χ4v) is 5.61. The maximum absolute atomic E-state index is 13.4. The van der Waals surface area contributed by atoms with Gasteiger partial charge in [0.15, 0.2) is 0 Å². The lowest BCUT2D eigenvalue weighted by Gasteiger charge is -2.31. The Balaban J connectivity index is 1.73. The highest BCUT2D eigenvalue weighted by molar-refractivity contribution is 7.85. The molecule has 0 spiro atoms. The van der Waals surface area contributed by atoms with Crippen molar-refractivity contribution in [1.82, 2.24) is 14.0 Å². The van der Waals surface area contributed by atoms with Gasteiger partial charge in [-0.15, -0.1) is 0 Å². The third-order valence-electron chi connectivity index (χ3n) is 6.58. The van der Waals surface area contributed by atoms with E-state index >= 15 is 0 Å². The van der Waals surface area contributed by atoms with Crippen LogP contribution in [0.5, 0.6) is 0 Å². The van der Waals surface area contributed by atoms with Crippen molar-refractivity contribution in [3.63, 3.8) is 0 Å². The van der Waals surface area contributed by atoms with Crippen molar-refractivity contribution in [2.24, 2.45) is 7.05 Å². The van der Waals surface area contributed by atoms with E-state index in [1.807, 2.05) is 6.07 Å². The molecule has 0 N–H and O–H groups in total. The number of ether oxygens (including phenoxy) is 1. The molecule has 1 atom stereocenters. The zero-order valence-electron chi connectivity index (χ0n) is 23.5. The highest BCUT2D eigenvalue weighted by Gasteiger charge is 2.37. The van der Waals surface area contributed by atoms with E-state index in [2.05, 4.69) is 31.5 Å². The Hall–Kier alpha value is -2.72. The first-order valence-electron chi connectivity index (χ1n) is 13.3. The summed E-state index contributed by atoms with van der Waals surface area (Å²) in [6.07, 6.45) is 4.25. The van der Waals surface area contributed by atoms with Crippen LogP contribution in [-0.2, 0) is 35.7 Å². The predicted molar refractivity (Wildman–Crippen MR) is 152 cm³/mol. The van der Waals surface area contributed by atoms with Gasteiger partial charge >= 0.3 is 5.69 Å². The summed E-state index contributed by atoms with van der Waals surface area (Å²) in [6, 6.07) is 5.57. The van der Waals surface area contributed by atoms with Crippen LogP contribution < -0.4 is 5.69 Å². The van der Waals surface area contributed by atoms with Gasteiger partial charge in [0.1, 0.15) is 12.8 Å². The largest absolute Gasteiger partial charge is 0.361 e. The molecule has 1 saturated heterocycles. The average molecular weight is 578 g/mol. The Kier molecular flexibility index (Phi) is 10.3. The standard InChI is InChI=1S/C27H39N3O7SSi/c1-28-25-21(12-9-7-6-8-10-17-37-38(2,34)35)13-11-14-22(25)30(27(28)33)23-15-16-24(31)29(26(23)32)20-36-18-19-39(3,4)5/h11,13-14,23H,6-8,10,15-20H2,1-5H3. The number of hydrogen-bond acceptors (Lipinski definition) is 7. The lowest BCUT2D eigenvalue weighted by atomic mass is 10.0. The number of amides is 2. The maximum atomic E-state index is 13.4. The average Bonchev–Trinajstić information content (AvgIpc) is 3.09. The molecule has 0 aliphatic carbocycles. The number of piperidine rings is 1. The Bertz CT molecular complexity index is 1430. The molecule has 1 aliphatic heterocycles. The van der Waals surface area contributed by atoms with Crippen LogP contribution in [0.15, 0.2) is 23.0 Å². The molecule has 39 heavy (non-hydrogen) atoms. The van der Waals surface area contributed by atoms with Crippen LogP contribution in [0.4, 0.5) is 0 Å². The lowest BCUT2D eigenvalue weighted by molar-refractivity contribution is -0.157. The Morgan fingerprint density at radius 1 is 1.08 bits per heavy atom. The number of nitrogens with zero attached hydrogens (tertiary/aromatic N) is 3. The van der Waals surface area contributed by atoms with Crippen LogP contribution in [0.1, 0.15) is 50.1 Å². The molecular weight excluding hydrogens is 538 g/mol. The number of unbranched alkanes of at least 4 members (excludes halogenated alkanes) is 3. The van der Waals surface area contributed by atoms with E-state index in [1.165, 1.54) is 9.13 Å². The van der Waals surface area contributed by atoms with E-state index in [9.17, 15) is 22.8 Å². The van der Waals surface area contributed by atoms with Gasteiger partial charge in [-0.2, -0.15) is 8.42 Å². The highest BCUT2D eigenvalue weighted by Crippen LogP contribution is 2.28. The lowest BCUT2D eigenvalue weighted by Crippen LogP contribution is -2.48. The first kappa shape index (κ1) is 30.8. The molecule has 0 saturated carbocycles. The summed E-state index contributed by atoms with van der Waals surface area (Å²) in [6.45, 7) is 7.24. The number of hydrogen-bond donors (Lipinski definition) is 0. The summed E-state index contributed by atoms with van der Waals surface area (Å²) in [5.74, 6) is 5.56. The van der Waals surface area contributed by atoms with Crippen molar-refractivity contribution >= 4 is 41.0 Å². The van der Waals surface area contributed by atoms with Crippen LogP contribution in [-0.4, -0.2) is 68.5 Å². The van der Waals surface area contributed by atoms with Gasteiger partial charge in [0.25, 0.3) is 16.0 Å². The van der Waals surface area contributed by atoms with E-state index < -0.39 is 30.1 Å². The third kappa shape index (κ3) is 8.38. The van der Waals surface area contributed by atoms with Gasteiger partial charge in [-0.25, -0.2) is 4.79 Å². The SMILES string of the molecule is Cn1c(=O)n(C2CCC(=O)N(COCC[Si](C)(C)C)C2=O)c2cccc(C#CCCCCCOS(C)(=O)=O)c21. The zero-order chi connectivity index (χ0) is 28.8. The first-order valence-corrected chi connectivity index (χ1v) is 18.8. The zero-order valence-corrected chi connectivity index (χ0v) is 25.3. The Labute approximate surface area is 231 Å². The molecule has 1 unspecified atom stereocenters. The summed E-state index contributed by atoms with van der Waals surface area (Å²) in [7, 11) is -3.07. The number of aryl methyl sites for hydroxylation is 1. The third-order valence-corrected chi connectivity index (χ3v) is 8.88. The van der Waals surface area contributed by atoms with Gasteiger partial charge < -0.3 is 4.74 Å². The molecule has 3 rings (SSSR count). The minimum atomic E-state index is -3.42. The number of likely N-dealkylation sites (tertiary alicyclic amines) is 1. The van der Waals surface area contributed by atoms with Crippen molar-refractivity contribution in [2.45, 2.75) is 70.3 Å². The summed E-state index contributed by atoms with van der Waals surface area (Å²) < 4.78 is 35.4. The van der Waals surface area contributed by atoms with Gasteiger partial charge in [0, 0.05) is 34.6 Å². The highest BCUT2D eigenvalue weighted by atomic mass is 32.2. The fraction of sp³-hybridized carbons (Fsp3) is 0.593. The number of carbonyl (C=O) groups excluding carboxylic acids is 2. The molecule has 12 heteroatoms. The van der Waals surface area contributed by atoms with Crippen LogP contribution in [0.3, 0.4) is 0 Å². The summed E-state index contributed by atoms with van der Waals surface area (Å²) in [4.78, 5) is 40.4. The molecule has 2 heterocycles.